The standard InChI is InChI=1S/C19H33N5/c1-5-23-10-12-24(13-11-23)15-17-9-7-6-8-16(17)14-21-18(20)22-19(2,3)4/h6-9H,5,10-15H2,1-4H3,(H3,20,21,22). The van der Waals surface area contributed by atoms with Crippen LogP contribution in [0.1, 0.15) is 38.8 Å². The molecule has 0 atom stereocenters. The van der Waals surface area contributed by atoms with E-state index in [-0.39, 0.29) is 5.54 Å². The Labute approximate surface area is 146 Å². The Morgan fingerprint density at radius 3 is 2.25 bits per heavy atom. The molecule has 1 fully saturated rings. The smallest absolute Gasteiger partial charge is 0.189 e. The molecule has 24 heavy (non-hydrogen) atoms. The Morgan fingerprint density at radius 2 is 1.67 bits per heavy atom. The Hall–Kier alpha value is -1.59. The predicted molar refractivity (Wildman–Crippen MR) is 102 cm³/mol. The molecule has 134 valence electrons. The maximum atomic E-state index is 6.00. The predicted octanol–water partition coefficient (Wildman–Crippen LogP) is 2.03. The average molecular weight is 332 g/mol. The third kappa shape index (κ3) is 6.13. The molecule has 1 aliphatic heterocycles. The molecular formula is C19H33N5. The summed E-state index contributed by atoms with van der Waals surface area (Å²) in [4.78, 5) is 9.55. The van der Waals surface area contributed by atoms with Crippen molar-refractivity contribution in [1.29, 1.82) is 0 Å². The van der Waals surface area contributed by atoms with Gasteiger partial charge in [-0.2, -0.15) is 0 Å². The lowest BCUT2D eigenvalue weighted by Gasteiger charge is -2.34. The van der Waals surface area contributed by atoms with Crippen molar-refractivity contribution in [2.24, 2.45) is 10.7 Å². The second kappa shape index (κ2) is 8.49. The number of nitrogens with two attached hydrogens (primary N) is 1. The fraction of sp³-hybridized carbons (Fsp3) is 0.632. The molecule has 0 spiro atoms. The third-order valence-electron chi connectivity index (χ3n) is 4.35. The molecule has 0 amide bonds. The first kappa shape index (κ1) is 18.7. The maximum Gasteiger partial charge on any atom is 0.189 e. The normalized spacial score (nSPS) is 17.9. The molecular weight excluding hydrogens is 298 g/mol. The van der Waals surface area contributed by atoms with Crippen molar-refractivity contribution in [3.8, 4) is 0 Å². The van der Waals surface area contributed by atoms with Crippen molar-refractivity contribution in [3.63, 3.8) is 0 Å². The Bertz CT molecular complexity index is 539. The summed E-state index contributed by atoms with van der Waals surface area (Å²) in [5.41, 5.74) is 8.55. The van der Waals surface area contributed by atoms with E-state index in [0.29, 0.717) is 12.5 Å². The minimum Gasteiger partial charge on any atom is -0.370 e. The van der Waals surface area contributed by atoms with Gasteiger partial charge in [0, 0.05) is 38.3 Å². The van der Waals surface area contributed by atoms with Gasteiger partial charge in [-0.1, -0.05) is 31.2 Å². The number of benzene rings is 1. The summed E-state index contributed by atoms with van der Waals surface area (Å²) >= 11 is 0. The van der Waals surface area contributed by atoms with Crippen LogP contribution in [-0.2, 0) is 13.1 Å². The Kier molecular flexibility index (Phi) is 6.63. The summed E-state index contributed by atoms with van der Waals surface area (Å²) in [7, 11) is 0. The number of guanidine groups is 1. The van der Waals surface area contributed by atoms with Crippen molar-refractivity contribution >= 4 is 5.96 Å². The largest absolute Gasteiger partial charge is 0.370 e. The lowest BCUT2D eigenvalue weighted by molar-refractivity contribution is 0.131. The minimum atomic E-state index is -0.0634. The van der Waals surface area contributed by atoms with Gasteiger partial charge >= 0.3 is 0 Å². The average Bonchev–Trinajstić information content (AvgIpc) is 2.53. The van der Waals surface area contributed by atoms with E-state index in [1.54, 1.807) is 0 Å². The fourth-order valence-electron chi connectivity index (χ4n) is 2.96. The van der Waals surface area contributed by atoms with Gasteiger partial charge in [-0.05, 0) is 38.4 Å². The molecule has 1 aromatic rings. The molecule has 0 aromatic heterocycles. The van der Waals surface area contributed by atoms with Crippen molar-refractivity contribution in [2.45, 2.75) is 46.3 Å². The number of likely N-dealkylation sites (N-methyl/N-ethyl adjacent to an activating group) is 1. The quantitative estimate of drug-likeness (QED) is 0.640. The highest BCUT2D eigenvalue weighted by atomic mass is 15.3. The molecule has 5 heteroatoms. The van der Waals surface area contributed by atoms with Crippen molar-refractivity contribution in [2.75, 3.05) is 32.7 Å². The SMILES string of the molecule is CCN1CCN(Cc2ccccc2CN=C(N)NC(C)(C)C)CC1. The van der Waals surface area contributed by atoms with Crippen LogP contribution < -0.4 is 11.1 Å². The van der Waals surface area contributed by atoms with Crippen LogP contribution in [0.25, 0.3) is 0 Å². The van der Waals surface area contributed by atoms with E-state index in [2.05, 4.69) is 72.1 Å². The minimum absolute atomic E-state index is 0.0634. The number of nitrogens with one attached hydrogen (secondary N) is 1. The molecule has 0 aliphatic carbocycles. The number of aliphatic imine (C=N–C) groups is 1. The second-order valence-electron chi connectivity index (χ2n) is 7.56. The molecule has 0 unspecified atom stereocenters. The molecule has 1 saturated heterocycles. The Balaban J connectivity index is 1.96. The molecule has 2 rings (SSSR count). The van der Waals surface area contributed by atoms with Crippen LogP contribution in [0.5, 0.6) is 0 Å². The Morgan fingerprint density at radius 1 is 1.08 bits per heavy atom. The van der Waals surface area contributed by atoms with Crippen LogP contribution in [0.3, 0.4) is 0 Å². The zero-order valence-electron chi connectivity index (χ0n) is 15.7. The molecule has 3 N–H and O–H groups in total. The van der Waals surface area contributed by atoms with E-state index in [4.69, 9.17) is 5.73 Å². The number of hydrogen-bond acceptors (Lipinski definition) is 3. The van der Waals surface area contributed by atoms with Crippen LogP contribution in [0.15, 0.2) is 29.3 Å². The van der Waals surface area contributed by atoms with Gasteiger partial charge in [-0.15, -0.1) is 0 Å². The lowest BCUT2D eigenvalue weighted by Crippen LogP contribution is -2.45. The van der Waals surface area contributed by atoms with Gasteiger partial charge in [0.2, 0.25) is 0 Å². The van der Waals surface area contributed by atoms with Crippen molar-refractivity contribution in [3.05, 3.63) is 35.4 Å². The zero-order valence-corrected chi connectivity index (χ0v) is 15.7. The molecule has 0 radical (unpaired) electrons. The summed E-state index contributed by atoms with van der Waals surface area (Å²) < 4.78 is 0. The van der Waals surface area contributed by atoms with Crippen LogP contribution >= 0.6 is 0 Å². The second-order valence-corrected chi connectivity index (χ2v) is 7.56. The van der Waals surface area contributed by atoms with Gasteiger partial charge in [-0.25, -0.2) is 4.99 Å². The van der Waals surface area contributed by atoms with Gasteiger partial charge in [-0.3, -0.25) is 4.90 Å². The highest BCUT2D eigenvalue weighted by molar-refractivity contribution is 5.78. The van der Waals surface area contributed by atoms with Gasteiger partial charge in [0.25, 0.3) is 0 Å². The van der Waals surface area contributed by atoms with E-state index in [1.807, 2.05) is 0 Å². The monoisotopic (exact) mass is 331 g/mol. The summed E-state index contributed by atoms with van der Waals surface area (Å²) in [6.45, 7) is 15.9. The molecule has 5 nitrogen and oxygen atoms in total. The number of piperazine rings is 1. The molecule has 0 bridgehead atoms. The van der Waals surface area contributed by atoms with E-state index in [1.165, 1.54) is 24.2 Å². The maximum absolute atomic E-state index is 6.00. The van der Waals surface area contributed by atoms with Crippen molar-refractivity contribution in [1.82, 2.24) is 15.1 Å². The zero-order chi connectivity index (χ0) is 17.6. The molecule has 1 aromatic carbocycles. The van der Waals surface area contributed by atoms with Crippen LogP contribution in [-0.4, -0.2) is 54.0 Å². The van der Waals surface area contributed by atoms with Crippen LogP contribution in [0.2, 0.25) is 0 Å². The first-order chi connectivity index (χ1) is 11.4. The first-order valence-electron chi connectivity index (χ1n) is 8.97. The van der Waals surface area contributed by atoms with Crippen molar-refractivity contribution < 1.29 is 0 Å². The van der Waals surface area contributed by atoms with E-state index in [9.17, 15) is 0 Å². The fourth-order valence-corrected chi connectivity index (χ4v) is 2.96. The van der Waals surface area contributed by atoms with E-state index in [0.717, 1.165) is 26.2 Å². The highest BCUT2D eigenvalue weighted by Gasteiger charge is 2.16. The third-order valence-corrected chi connectivity index (χ3v) is 4.35. The highest BCUT2D eigenvalue weighted by Crippen LogP contribution is 2.14. The topological polar surface area (TPSA) is 56.9 Å². The van der Waals surface area contributed by atoms with Gasteiger partial charge in [0.05, 0.1) is 6.54 Å². The molecule has 1 heterocycles. The first-order valence-corrected chi connectivity index (χ1v) is 8.97. The summed E-state index contributed by atoms with van der Waals surface area (Å²) in [5.74, 6) is 0.508. The lowest BCUT2D eigenvalue weighted by atomic mass is 10.1. The molecule has 1 aliphatic rings. The molecule has 0 saturated carbocycles. The summed E-state index contributed by atoms with van der Waals surface area (Å²) in [6.07, 6.45) is 0. The van der Waals surface area contributed by atoms with E-state index < -0.39 is 0 Å². The summed E-state index contributed by atoms with van der Waals surface area (Å²) in [6, 6.07) is 8.56. The van der Waals surface area contributed by atoms with Gasteiger partial charge in [0.1, 0.15) is 0 Å². The summed E-state index contributed by atoms with van der Waals surface area (Å²) in [5, 5.41) is 3.21. The number of rotatable bonds is 5. The van der Waals surface area contributed by atoms with Crippen LogP contribution in [0.4, 0.5) is 0 Å². The number of nitrogens with zero attached hydrogens (tertiary/aromatic N) is 3. The van der Waals surface area contributed by atoms with Gasteiger partial charge in [0.15, 0.2) is 5.96 Å². The van der Waals surface area contributed by atoms with E-state index >= 15 is 0 Å². The van der Waals surface area contributed by atoms with Crippen LogP contribution in [0, 0.1) is 0 Å². The number of hydrogen-bond donors (Lipinski definition) is 2. The van der Waals surface area contributed by atoms with Gasteiger partial charge < -0.3 is 16.0 Å².